The van der Waals surface area contributed by atoms with Gasteiger partial charge in [0.2, 0.25) is 5.91 Å². The van der Waals surface area contributed by atoms with Crippen molar-refractivity contribution in [1.82, 2.24) is 10.2 Å². The third-order valence-electron chi connectivity index (χ3n) is 6.88. The molecule has 1 aliphatic heterocycles. The van der Waals surface area contributed by atoms with E-state index in [0.29, 0.717) is 0 Å². The molecule has 0 unspecified atom stereocenters. The lowest BCUT2D eigenvalue weighted by atomic mass is 9.64. The number of amides is 1. The van der Waals surface area contributed by atoms with Crippen LogP contribution in [0.15, 0.2) is 60.7 Å². The highest BCUT2D eigenvalue weighted by Crippen LogP contribution is 2.43. The van der Waals surface area contributed by atoms with E-state index in [1.54, 1.807) is 0 Å². The minimum atomic E-state index is -0.773. The number of hydrogen-bond acceptors (Lipinski definition) is 3. The molecule has 31 heavy (non-hydrogen) atoms. The second-order valence-electron chi connectivity index (χ2n) is 8.92. The molecule has 1 aliphatic rings. The third-order valence-corrected chi connectivity index (χ3v) is 6.88. The number of nitrogens with one attached hydrogen (secondary N) is 1. The van der Waals surface area contributed by atoms with E-state index in [4.69, 9.17) is 5.73 Å². The molecule has 1 amide bonds. The van der Waals surface area contributed by atoms with Gasteiger partial charge in [0.1, 0.15) is 5.41 Å². The lowest BCUT2D eigenvalue weighted by Gasteiger charge is -2.37. The first-order valence-electron chi connectivity index (χ1n) is 12.0. The molecular formula is C27H39N3O. The van der Waals surface area contributed by atoms with Crippen LogP contribution in [0.25, 0.3) is 0 Å². The first kappa shape index (κ1) is 23.5. The maximum absolute atomic E-state index is 13.1. The third kappa shape index (κ3) is 5.75. The molecule has 1 saturated heterocycles. The van der Waals surface area contributed by atoms with Crippen LogP contribution in [0.4, 0.5) is 0 Å². The van der Waals surface area contributed by atoms with Crippen molar-refractivity contribution in [3.05, 3.63) is 71.8 Å². The minimum absolute atomic E-state index is 0.191. The minimum Gasteiger partial charge on any atom is -0.369 e. The van der Waals surface area contributed by atoms with Crippen molar-refractivity contribution in [3.8, 4) is 0 Å². The van der Waals surface area contributed by atoms with E-state index in [9.17, 15) is 4.79 Å². The number of rotatable bonds is 13. The summed E-state index contributed by atoms with van der Waals surface area (Å²) in [5, 5.41) is 3.21. The van der Waals surface area contributed by atoms with Gasteiger partial charge in [-0.25, -0.2) is 0 Å². The van der Waals surface area contributed by atoms with E-state index >= 15 is 0 Å². The van der Waals surface area contributed by atoms with Gasteiger partial charge in [0.05, 0.1) is 0 Å². The van der Waals surface area contributed by atoms with E-state index in [2.05, 4.69) is 34.5 Å². The Hall–Kier alpha value is -2.17. The van der Waals surface area contributed by atoms with Gasteiger partial charge in [-0.3, -0.25) is 4.79 Å². The molecule has 1 atom stereocenters. The molecule has 0 aromatic heterocycles. The Morgan fingerprint density at radius 3 is 2.03 bits per heavy atom. The number of hydrogen-bond donors (Lipinski definition) is 2. The van der Waals surface area contributed by atoms with Crippen molar-refractivity contribution >= 4 is 5.91 Å². The number of benzene rings is 2. The lowest BCUT2D eigenvalue weighted by molar-refractivity contribution is -0.123. The summed E-state index contributed by atoms with van der Waals surface area (Å²) < 4.78 is 0. The van der Waals surface area contributed by atoms with Gasteiger partial charge in [0, 0.05) is 6.54 Å². The predicted molar refractivity (Wildman–Crippen MR) is 129 cm³/mol. The molecule has 2 aromatic rings. The smallest absolute Gasteiger partial charge is 0.232 e. The SMILES string of the molecule is CNCCCCCCCCN1CC[C@@H](C(C(N)=O)(c2ccccc2)c2ccccc2)C1. The first-order chi connectivity index (χ1) is 15.2. The standard InChI is InChI=1S/C27H39N3O/c1-29-19-12-4-2-3-5-13-20-30-21-18-25(22-30)27(26(28)31,23-14-8-6-9-15-23)24-16-10-7-11-17-24/h6-11,14-17,25,29H,2-5,12-13,18-22H2,1H3,(H2,28,31)/t25-/m1/s1. The molecule has 0 radical (unpaired) electrons. The number of nitrogens with zero attached hydrogens (tertiary/aromatic N) is 1. The zero-order valence-electron chi connectivity index (χ0n) is 19.1. The fraction of sp³-hybridized carbons (Fsp3) is 0.519. The largest absolute Gasteiger partial charge is 0.369 e. The van der Waals surface area contributed by atoms with Crippen LogP contribution in [0.1, 0.15) is 56.1 Å². The van der Waals surface area contributed by atoms with Crippen LogP contribution in [0.5, 0.6) is 0 Å². The van der Waals surface area contributed by atoms with Crippen LogP contribution in [-0.2, 0) is 10.2 Å². The Kier molecular flexibility index (Phi) is 9.11. The van der Waals surface area contributed by atoms with E-state index in [1.165, 1.54) is 38.5 Å². The van der Waals surface area contributed by atoms with Crippen LogP contribution in [-0.4, -0.2) is 44.0 Å². The fourth-order valence-electron chi connectivity index (χ4n) is 5.26. The topological polar surface area (TPSA) is 58.4 Å². The highest BCUT2D eigenvalue weighted by Gasteiger charge is 2.49. The van der Waals surface area contributed by atoms with Crippen molar-refractivity contribution in [2.45, 2.75) is 50.4 Å². The molecule has 3 rings (SSSR count). The summed E-state index contributed by atoms with van der Waals surface area (Å²) in [6.45, 7) is 4.21. The Morgan fingerprint density at radius 1 is 0.935 bits per heavy atom. The molecule has 0 spiro atoms. The van der Waals surface area contributed by atoms with Crippen molar-refractivity contribution in [3.63, 3.8) is 0 Å². The average molecular weight is 422 g/mol. The van der Waals surface area contributed by atoms with Gasteiger partial charge in [-0.15, -0.1) is 0 Å². The summed E-state index contributed by atoms with van der Waals surface area (Å²) in [5.41, 5.74) is 7.45. The quantitative estimate of drug-likeness (QED) is 0.473. The summed E-state index contributed by atoms with van der Waals surface area (Å²) in [5.74, 6) is -0.0466. The highest BCUT2D eigenvalue weighted by molar-refractivity contribution is 5.91. The van der Waals surface area contributed by atoms with Crippen molar-refractivity contribution < 1.29 is 4.79 Å². The van der Waals surface area contributed by atoms with Crippen LogP contribution < -0.4 is 11.1 Å². The normalized spacial score (nSPS) is 17.1. The molecule has 0 saturated carbocycles. The molecule has 4 nitrogen and oxygen atoms in total. The maximum atomic E-state index is 13.1. The zero-order valence-corrected chi connectivity index (χ0v) is 19.1. The Morgan fingerprint density at radius 2 is 1.48 bits per heavy atom. The number of nitrogens with two attached hydrogens (primary N) is 1. The first-order valence-corrected chi connectivity index (χ1v) is 12.0. The van der Waals surface area contributed by atoms with Gasteiger partial charge in [0.15, 0.2) is 0 Å². The van der Waals surface area contributed by atoms with Gasteiger partial charge < -0.3 is 16.0 Å². The van der Waals surface area contributed by atoms with Crippen molar-refractivity contribution in [2.75, 3.05) is 33.2 Å². The summed E-state index contributed by atoms with van der Waals surface area (Å²) in [6.07, 6.45) is 8.77. The number of carbonyl (C=O) groups is 1. The van der Waals surface area contributed by atoms with Crippen molar-refractivity contribution in [1.29, 1.82) is 0 Å². The predicted octanol–water partition coefficient (Wildman–Crippen LogP) is 4.34. The van der Waals surface area contributed by atoms with Gasteiger partial charge in [-0.1, -0.05) is 86.3 Å². The Bertz CT molecular complexity index is 738. The number of likely N-dealkylation sites (tertiary alicyclic amines) is 1. The van der Waals surface area contributed by atoms with Crippen molar-refractivity contribution in [2.24, 2.45) is 11.7 Å². The second kappa shape index (κ2) is 12.0. The Labute approximate surface area is 188 Å². The molecule has 1 fully saturated rings. The Balaban J connectivity index is 1.65. The zero-order chi connectivity index (χ0) is 21.9. The van der Waals surface area contributed by atoms with Crippen LogP contribution in [0.3, 0.4) is 0 Å². The molecule has 1 heterocycles. The van der Waals surface area contributed by atoms with Crippen LogP contribution >= 0.6 is 0 Å². The summed E-state index contributed by atoms with van der Waals surface area (Å²) >= 11 is 0. The van der Waals surface area contributed by atoms with Gasteiger partial charge in [0.25, 0.3) is 0 Å². The van der Waals surface area contributed by atoms with Crippen LogP contribution in [0.2, 0.25) is 0 Å². The highest BCUT2D eigenvalue weighted by atomic mass is 16.1. The second-order valence-corrected chi connectivity index (χ2v) is 8.92. The molecule has 4 heteroatoms. The molecule has 0 bridgehead atoms. The van der Waals surface area contributed by atoms with E-state index < -0.39 is 5.41 Å². The molecule has 168 valence electrons. The van der Waals surface area contributed by atoms with E-state index in [-0.39, 0.29) is 11.8 Å². The molecular weight excluding hydrogens is 382 g/mol. The van der Waals surface area contributed by atoms with Gasteiger partial charge in [-0.2, -0.15) is 0 Å². The number of primary amides is 1. The van der Waals surface area contributed by atoms with E-state index in [0.717, 1.165) is 43.7 Å². The molecule has 2 aromatic carbocycles. The van der Waals surface area contributed by atoms with Gasteiger partial charge >= 0.3 is 0 Å². The average Bonchev–Trinajstić information content (AvgIpc) is 3.26. The lowest BCUT2D eigenvalue weighted by Crippen LogP contribution is -2.49. The summed E-state index contributed by atoms with van der Waals surface area (Å²) in [7, 11) is 2.02. The summed E-state index contributed by atoms with van der Waals surface area (Å²) in [6, 6.07) is 20.3. The van der Waals surface area contributed by atoms with E-state index in [1.807, 2.05) is 43.4 Å². The van der Waals surface area contributed by atoms with Gasteiger partial charge in [-0.05, 0) is 63.0 Å². The van der Waals surface area contributed by atoms with Crippen LogP contribution in [0, 0.1) is 5.92 Å². The monoisotopic (exact) mass is 421 g/mol. The molecule has 0 aliphatic carbocycles. The summed E-state index contributed by atoms with van der Waals surface area (Å²) in [4.78, 5) is 15.7. The molecule has 3 N–H and O–H groups in total. The number of unbranched alkanes of at least 4 members (excludes halogenated alkanes) is 5. The number of carbonyl (C=O) groups excluding carboxylic acids is 1. The maximum Gasteiger partial charge on any atom is 0.232 e. The fourth-order valence-corrected chi connectivity index (χ4v) is 5.26.